The number of carbonyl (C=O) groups is 1. The van der Waals surface area contributed by atoms with Crippen molar-refractivity contribution >= 4 is 37.5 Å². The van der Waals surface area contributed by atoms with Gasteiger partial charge in [0.15, 0.2) is 0 Å². The van der Waals surface area contributed by atoms with Crippen LogP contribution in [0, 0.1) is 0 Å². The third kappa shape index (κ3) is 5.06. The molecule has 0 aliphatic heterocycles. The molecule has 26 heavy (non-hydrogen) atoms. The number of nitrogens with one attached hydrogen (secondary N) is 1. The molecular formula is C18H21BrN2O4S. The first kappa shape index (κ1) is 20.4. The number of ether oxygens (including phenoxy) is 1. The molecule has 0 radical (unpaired) electrons. The number of benzene rings is 2. The van der Waals surface area contributed by atoms with Gasteiger partial charge in [-0.1, -0.05) is 35.0 Å². The highest BCUT2D eigenvalue weighted by Crippen LogP contribution is 2.24. The van der Waals surface area contributed by atoms with Crippen LogP contribution in [0.2, 0.25) is 0 Å². The van der Waals surface area contributed by atoms with Crippen LogP contribution in [0.1, 0.15) is 13.8 Å². The van der Waals surface area contributed by atoms with Gasteiger partial charge in [-0.2, -0.15) is 4.31 Å². The Bertz CT molecular complexity index is 854. The third-order valence-electron chi connectivity index (χ3n) is 3.59. The van der Waals surface area contributed by atoms with Crippen molar-refractivity contribution in [3.63, 3.8) is 0 Å². The lowest BCUT2D eigenvalue weighted by Gasteiger charge is -2.20. The predicted octanol–water partition coefficient (Wildman–Crippen LogP) is 3.50. The Balaban J connectivity index is 2.14. The second-order valence-corrected chi connectivity index (χ2v) is 8.22. The van der Waals surface area contributed by atoms with Gasteiger partial charge in [0.1, 0.15) is 5.75 Å². The number of rotatable bonds is 8. The van der Waals surface area contributed by atoms with Crippen LogP contribution in [-0.4, -0.2) is 38.3 Å². The van der Waals surface area contributed by atoms with E-state index in [0.29, 0.717) is 18.0 Å². The molecule has 0 saturated heterocycles. The van der Waals surface area contributed by atoms with Gasteiger partial charge in [-0.3, -0.25) is 4.79 Å². The van der Waals surface area contributed by atoms with E-state index in [1.165, 1.54) is 12.1 Å². The molecule has 2 aromatic carbocycles. The third-order valence-corrected chi connectivity index (χ3v) is 6.05. The second-order valence-electron chi connectivity index (χ2n) is 5.36. The summed E-state index contributed by atoms with van der Waals surface area (Å²) in [4.78, 5) is 12.5. The number of nitrogens with zero attached hydrogens (tertiary/aromatic N) is 1. The minimum atomic E-state index is -3.76. The van der Waals surface area contributed by atoms with Crippen LogP contribution in [0.4, 0.5) is 5.69 Å². The molecule has 0 bridgehead atoms. The van der Waals surface area contributed by atoms with Crippen LogP contribution in [0.15, 0.2) is 57.9 Å². The highest BCUT2D eigenvalue weighted by molar-refractivity contribution is 9.10. The Labute approximate surface area is 162 Å². The Morgan fingerprint density at radius 1 is 1.12 bits per heavy atom. The molecule has 0 unspecified atom stereocenters. The fourth-order valence-corrected chi connectivity index (χ4v) is 3.99. The second kappa shape index (κ2) is 9.16. The van der Waals surface area contributed by atoms with Gasteiger partial charge >= 0.3 is 0 Å². The van der Waals surface area contributed by atoms with Crippen molar-refractivity contribution in [3.05, 3.63) is 53.0 Å². The van der Waals surface area contributed by atoms with Crippen molar-refractivity contribution in [1.82, 2.24) is 4.31 Å². The van der Waals surface area contributed by atoms with Crippen molar-refractivity contribution in [2.24, 2.45) is 0 Å². The maximum Gasteiger partial charge on any atom is 0.243 e. The minimum Gasteiger partial charge on any atom is -0.492 e. The number of sulfonamides is 1. The van der Waals surface area contributed by atoms with Gasteiger partial charge in [0.25, 0.3) is 0 Å². The molecule has 2 aromatic rings. The van der Waals surface area contributed by atoms with Gasteiger partial charge in [0, 0.05) is 11.0 Å². The van der Waals surface area contributed by atoms with Crippen molar-refractivity contribution < 1.29 is 17.9 Å². The van der Waals surface area contributed by atoms with Crippen LogP contribution in [0.25, 0.3) is 0 Å². The van der Waals surface area contributed by atoms with Crippen LogP contribution in [0.3, 0.4) is 0 Å². The number of para-hydroxylation sites is 2. The molecule has 1 amide bonds. The molecule has 6 nitrogen and oxygen atoms in total. The van der Waals surface area contributed by atoms with Crippen molar-refractivity contribution in [1.29, 1.82) is 0 Å². The lowest BCUT2D eigenvalue weighted by atomic mass is 10.3. The molecule has 8 heteroatoms. The summed E-state index contributed by atoms with van der Waals surface area (Å²) in [6.45, 7) is 3.90. The van der Waals surface area contributed by atoms with E-state index in [4.69, 9.17) is 4.74 Å². The lowest BCUT2D eigenvalue weighted by molar-refractivity contribution is -0.116. The summed E-state index contributed by atoms with van der Waals surface area (Å²) in [5.41, 5.74) is 0.511. The molecule has 0 spiro atoms. The van der Waals surface area contributed by atoms with E-state index in [2.05, 4.69) is 21.2 Å². The lowest BCUT2D eigenvalue weighted by Crippen LogP contribution is -2.37. The van der Waals surface area contributed by atoms with E-state index in [1.54, 1.807) is 43.3 Å². The van der Waals surface area contributed by atoms with Crippen LogP contribution in [-0.2, 0) is 14.8 Å². The molecule has 140 valence electrons. The van der Waals surface area contributed by atoms with E-state index in [9.17, 15) is 13.2 Å². The number of amides is 1. The van der Waals surface area contributed by atoms with Gasteiger partial charge in [-0.25, -0.2) is 8.42 Å². The zero-order valence-corrected chi connectivity index (χ0v) is 17.0. The molecule has 0 atom stereocenters. The van der Waals surface area contributed by atoms with E-state index in [-0.39, 0.29) is 18.0 Å². The smallest absolute Gasteiger partial charge is 0.243 e. The Morgan fingerprint density at radius 2 is 1.77 bits per heavy atom. The van der Waals surface area contributed by atoms with Crippen molar-refractivity contribution in [2.45, 2.75) is 18.7 Å². The van der Waals surface area contributed by atoms with E-state index < -0.39 is 15.9 Å². The minimum absolute atomic E-state index is 0.144. The SMILES string of the molecule is CCOc1ccccc1NC(=O)CN(CC)S(=O)(=O)c1ccc(Br)cc1. The number of hydrogen-bond donors (Lipinski definition) is 1. The maximum atomic E-state index is 12.7. The van der Waals surface area contributed by atoms with Gasteiger partial charge in [0.05, 0.1) is 23.7 Å². The number of carbonyl (C=O) groups excluding carboxylic acids is 1. The summed E-state index contributed by atoms with van der Waals surface area (Å²) >= 11 is 3.28. The molecule has 0 saturated carbocycles. The molecule has 0 fully saturated rings. The topological polar surface area (TPSA) is 75.7 Å². The number of likely N-dealkylation sites (N-methyl/N-ethyl adjacent to an activating group) is 1. The first-order chi connectivity index (χ1) is 12.4. The summed E-state index contributed by atoms with van der Waals surface area (Å²) in [5.74, 6) is 0.113. The van der Waals surface area contributed by atoms with Gasteiger partial charge < -0.3 is 10.1 Å². The van der Waals surface area contributed by atoms with E-state index in [1.807, 2.05) is 6.92 Å². The molecule has 0 heterocycles. The molecule has 2 rings (SSSR count). The summed E-state index contributed by atoms with van der Waals surface area (Å²) < 4.78 is 32.9. The first-order valence-corrected chi connectivity index (χ1v) is 10.4. The van der Waals surface area contributed by atoms with E-state index >= 15 is 0 Å². The Kier molecular flexibility index (Phi) is 7.19. The average molecular weight is 441 g/mol. The molecule has 0 aliphatic rings. The van der Waals surface area contributed by atoms with Crippen molar-refractivity contribution in [2.75, 3.05) is 25.0 Å². The maximum absolute atomic E-state index is 12.7. The zero-order chi connectivity index (χ0) is 19.2. The van der Waals surface area contributed by atoms with Gasteiger partial charge in [-0.15, -0.1) is 0 Å². The van der Waals surface area contributed by atoms with E-state index in [0.717, 1.165) is 8.78 Å². The number of anilines is 1. The highest BCUT2D eigenvalue weighted by atomic mass is 79.9. The number of hydrogen-bond acceptors (Lipinski definition) is 4. The standard InChI is InChI=1S/C18H21BrN2O4S/c1-3-21(26(23,24)15-11-9-14(19)10-12-15)13-18(22)20-16-7-5-6-8-17(16)25-4-2/h5-12H,3-4,13H2,1-2H3,(H,20,22). The number of halogens is 1. The molecule has 0 aliphatic carbocycles. The van der Waals surface area contributed by atoms with Gasteiger partial charge in [0.2, 0.25) is 15.9 Å². The summed E-state index contributed by atoms with van der Waals surface area (Å²) in [5, 5.41) is 2.72. The molecule has 0 aromatic heterocycles. The average Bonchev–Trinajstić information content (AvgIpc) is 2.62. The monoisotopic (exact) mass is 440 g/mol. The first-order valence-electron chi connectivity index (χ1n) is 8.15. The Hall–Kier alpha value is -1.90. The largest absolute Gasteiger partial charge is 0.492 e. The van der Waals surface area contributed by atoms with Crippen molar-refractivity contribution in [3.8, 4) is 5.75 Å². The highest BCUT2D eigenvalue weighted by Gasteiger charge is 2.25. The van der Waals surface area contributed by atoms with Crippen LogP contribution in [0.5, 0.6) is 5.75 Å². The normalized spacial score (nSPS) is 11.4. The van der Waals surface area contributed by atoms with Gasteiger partial charge in [-0.05, 0) is 43.3 Å². The summed E-state index contributed by atoms with van der Waals surface area (Å²) in [7, 11) is -3.76. The molecule has 1 N–H and O–H groups in total. The summed E-state index contributed by atoms with van der Waals surface area (Å²) in [6, 6.07) is 13.3. The summed E-state index contributed by atoms with van der Waals surface area (Å²) in [6.07, 6.45) is 0. The fraction of sp³-hybridized carbons (Fsp3) is 0.278. The quantitative estimate of drug-likeness (QED) is 0.681. The fourth-order valence-electron chi connectivity index (χ4n) is 2.32. The van der Waals surface area contributed by atoms with Crippen LogP contribution < -0.4 is 10.1 Å². The predicted molar refractivity (Wildman–Crippen MR) is 105 cm³/mol. The molecular weight excluding hydrogens is 420 g/mol. The van der Waals surface area contributed by atoms with Crippen LogP contribution >= 0.6 is 15.9 Å². The Morgan fingerprint density at radius 3 is 2.38 bits per heavy atom. The zero-order valence-electron chi connectivity index (χ0n) is 14.6.